The summed E-state index contributed by atoms with van der Waals surface area (Å²) in [5.41, 5.74) is 4.26. The van der Waals surface area contributed by atoms with Crippen LogP contribution in [0.2, 0.25) is 0 Å². The lowest BCUT2D eigenvalue weighted by Crippen LogP contribution is -2.27. The van der Waals surface area contributed by atoms with Gasteiger partial charge in [-0.05, 0) is 58.8 Å². The summed E-state index contributed by atoms with van der Waals surface area (Å²) in [6.45, 7) is 9.55. The Bertz CT molecular complexity index is 395. The van der Waals surface area contributed by atoms with Gasteiger partial charge in [0.05, 0.1) is 6.10 Å². The first-order chi connectivity index (χ1) is 12.1. The van der Waals surface area contributed by atoms with Gasteiger partial charge in [-0.15, -0.1) is 0 Å². The van der Waals surface area contributed by atoms with Gasteiger partial charge in [0.15, 0.2) is 0 Å². The molecule has 0 saturated heterocycles. The minimum Gasteiger partial charge on any atom is -0.463 e. The van der Waals surface area contributed by atoms with Gasteiger partial charge in [0.2, 0.25) is 0 Å². The second-order valence-electron chi connectivity index (χ2n) is 8.20. The second-order valence-corrected chi connectivity index (χ2v) is 8.20. The lowest BCUT2D eigenvalue weighted by molar-refractivity contribution is -0.148. The van der Waals surface area contributed by atoms with E-state index in [1.165, 1.54) is 38.5 Å². The number of hydrogen-bond acceptors (Lipinski definition) is 5. The number of nitrogens with two attached hydrogens (primary N) is 1. The highest BCUT2D eigenvalue weighted by molar-refractivity contribution is 5.69. The number of carbonyl (C=O) groups is 2. The Hall–Kier alpha value is -1.30. The average molecular weight is 374 g/mol. The Balaban J connectivity index is 0.000000407. The van der Waals surface area contributed by atoms with Crippen LogP contribution in [0.4, 0.5) is 4.79 Å². The van der Waals surface area contributed by atoms with Crippen LogP contribution in [0.25, 0.3) is 0 Å². The van der Waals surface area contributed by atoms with Crippen molar-refractivity contribution in [3.05, 3.63) is 0 Å². The number of esters is 1. The van der Waals surface area contributed by atoms with Crippen molar-refractivity contribution in [2.45, 2.75) is 97.7 Å². The highest BCUT2D eigenvalue weighted by atomic mass is 16.6. The van der Waals surface area contributed by atoms with E-state index in [-0.39, 0.29) is 12.1 Å². The molecule has 0 heterocycles. The van der Waals surface area contributed by atoms with Crippen LogP contribution in [0.5, 0.6) is 0 Å². The number of rotatable bonds is 5. The normalized spacial score (nSPS) is 17.9. The Morgan fingerprint density at radius 1 is 1.12 bits per heavy atom. The van der Waals surface area contributed by atoms with Crippen LogP contribution in [-0.4, -0.2) is 35.5 Å². The van der Waals surface area contributed by atoms with E-state index in [0.717, 1.165) is 12.3 Å². The topological polar surface area (TPSA) is 98.9 Å². The molecule has 0 aliphatic heterocycles. The van der Waals surface area contributed by atoms with Gasteiger partial charge in [0.25, 0.3) is 0 Å². The summed E-state index contributed by atoms with van der Waals surface area (Å²) >= 11 is 0. The Kier molecular flexibility index (Phi) is 12.3. The number of hydrogen-bond donors (Lipinski definition) is 2. The SMILES string of the molecule is CC(C)(C)OC(N)=O.CCC(=O)OC(C)CC1CCCC1.OCC1CC1. The number of aliphatic hydroxyl groups excluding tert-OH is 1. The number of primary amides is 1. The van der Waals surface area contributed by atoms with Gasteiger partial charge in [-0.2, -0.15) is 0 Å². The monoisotopic (exact) mass is 373 g/mol. The van der Waals surface area contributed by atoms with Crippen molar-refractivity contribution in [3.8, 4) is 0 Å². The van der Waals surface area contributed by atoms with E-state index in [2.05, 4.69) is 4.74 Å². The second kappa shape index (κ2) is 13.0. The highest BCUT2D eigenvalue weighted by Gasteiger charge is 2.19. The summed E-state index contributed by atoms with van der Waals surface area (Å²) in [7, 11) is 0. The maximum absolute atomic E-state index is 11.0. The molecule has 0 bridgehead atoms. The molecule has 26 heavy (non-hydrogen) atoms. The zero-order valence-corrected chi connectivity index (χ0v) is 17.3. The fourth-order valence-electron chi connectivity index (χ4n) is 2.67. The van der Waals surface area contributed by atoms with Gasteiger partial charge in [0, 0.05) is 13.0 Å². The Morgan fingerprint density at radius 3 is 1.92 bits per heavy atom. The minimum absolute atomic E-state index is 0.0644. The lowest BCUT2D eigenvalue weighted by Gasteiger charge is -2.16. The predicted octanol–water partition coefficient (Wildman–Crippen LogP) is 4.18. The van der Waals surface area contributed by atoms with Gasteiger partial charge in [-0.25, -0.2) is 4.79 Å². The fourth-order valence-corrected chi connectivity index (χ4v) is 2.67. The van der Waals surface area contributed by atoms with Crippen LogP contribution in [0, 0.1) is 11.8 Å². The van der Waals surface area contributed by atoms with Crippen molar-refractivity contribution >= 4 is 12.1 Å². The van der Waals surface area contributed by atoms with E-state index in [1.807, 2.05) is 13.8 Å². The first-order valence-corrected chi connectivity index (χ1v) is 9.86. The molecule has 3 N–H and O–H groups in total. The van der Waals surface area contributed by atoms with E-state index in [4.69, 9.17) is 15.6 Å². The third kappa shape index (κ3) is 16.2. The van der Waals surface area contributed by atoms with Gasteiger partial charge in [0.1, 0.15) is 5.60 Å². The quantitative estimate of drug-likeness (QED) is 0.704. The van der Waals surface area contributed by atoms with Gasteiger partial charge in [-0.3, -0.25) is 4.79 Å². The van der Waals surface area contributed by atoms with Crippen molar-refractivity contribution in [2.24, 2.45) is 17.6 Å². The first-order valence-electron chi connectivity index (χ1n) is 9.86. The van der Waals surface area contributed by atoms with Crippen molar-refractivity contribution in [1.29, 1.82) is 0 Å². The van der Waals surface area contributed by atoms with Crippen LogP contribution >= 0.6 is 0 Å². The lowest BCUT2D eigenvalue weighted by atomic mass is 10.0. The molecule has 1 atom stereocenters. The molecule has 2 aliphatic carbocycles. The maximum atomic E-state index is 11.0. The largest absolute Gasteiger partial charge is 0.463 e. The first kappa shape index (κ1) is 24.7. The summed E-state index contributed by atoms with van der Waals surface area (Å²) < 4.78 is 9.80. The summed E-state index contributed by atoms with van der Waals surface area (Å²) in [5, 5.41) is 8.21. The molecule has 2 fully saturated rings. The zero-order valence-electron chi connectivity index (χ0n) is 17.3. The van der Waals surface area contributed by atoms with Crippen LogP contribution in [0.15, 0.2) is 0 Å². The molecular weight excluding hydrogens is 334 g/mol. The molecule has 0 aromatic carbocycles. The molecule has 1 amide bonds. The Morgan fingerprint density at radius 2 is 1.65 bits per heavy atom. The van der Waals surface area contributed by atoms with Crippen LogP contribution in [0.3, 0.4) is 0 Å². The van der Waals surface area contributed by atoms with Gasteiger partial charge >= 0.3 is 12.1 Å². The third-order valence-corrected chi connectivity index (χ3v) is 4.12. The van der Waals surface area contributed by atoms with Gasteiger partial charge in [-0.1, -0.05) is 32.6 Å². The standard InChI is InChI=1S/C11H20O2.C5H11NO2.C4H8O/c1-3-11(12)13-9(2)8-10-6-4-5-7-10;1-5(2,3)8-4(6)7;5-3-4-1-2-4/h9-10H,3-8H2,1-2H3;1-3H3,(H2,6,7);4-5H,1-3H2. The summed E-state index contributed by atoms with van der Waals surface area (Å²) in [6.07, 6.45) is 8.85. The Labute approximate surface area is 158 Å². The van der Waals surface area contributed by atoms with Gasteiger partial charge < -0.3 is 20.3 Å². The fraction of sp³-hybridized carbons (Fsp3) is 0.900. The summed E-state index contributed by atoms with van der Waals surface area (Å²) in [4.78, 5) is 21.0. The van der Waals surface area contributed by atoms with Crippen LogP contribution in [0.1, 0.15) is 86.0 Å². The molecule has 154 valence electrons. The third-order valence-electron chi connectivity index (χ3n) is 4.12. The molecule has 0 aromatic heterocycles. The molecule has 0 radical (unpaired) electrons. The van der Waals surface area contributed by atoms with E-state index in [0.29, 0.717) is 18.9 Å². The molecule has 2 aliphatic rings. The van der Waals surface area contributed by atoms with E-state index < -0.39 is 11.7 Å². The number of carbonyl (C=O) groups excluding carboxylic acids is 2. The molecule has 6 heteroatoms. The predicted molar refractivity (Wildman–Crippen MR) is 103 cm³/mol. The van der Waals surface area contributed by atoms with Crippen molar-refractivity contribution in [3.63, 3.8) is 0 Å². The van der Waals surface area contributed by atoms with Crippen molar-refractivity contribution in [1.82, 2.24) is 0 Å². The molecular formula is C20H39NO5. The van der Waals surface area contributed by atoms with E-state index in [1.54, 1.807) is 20.8 Å². The van der Waals surface area contributed by atoms with E-state index >= 15 is 0 Å². The maximum Gasteiger partial charge on any atom is 0.405 e. The number of amides is 1. The molecule has 6 nitrogen and oxygen atoms in total. The minimum atomic E-state index is -0.725. The molecule has 0 aromatic rings. The molecule has 2 saturated carbocycles. The number of aliphatic hydroxyl groups is 1. The average Bonchev–Trinajstić information content (AvgIpc) is 3.23. The van der Waals surface area contributed by atoms with Crippen molar-refractivity contribution in [2.75, 3.05) is 6.61 Å². The molecule has 0 spiro atoms. The van der Waals surface area contributed by atoms with Crippen molar-refractivity contribution < 1.29 is 24.2 Å². The smallest absolute Gasteiger partial charge is 0.405 e. The summed E-state index contributed by atoms with van der Waals surface area (Å²) in [6, 6.07) is 0. The molecule has 1 unspecified atom stereocenters. The summed E-state index contributed by atoms with van der Waals surface area (Å²) in [5.74, 6) is 1.43. The highest BCUT2D eigenvalue weighted by Crippen LogP contribution is 2.29. The van der Waals surface area contributed by atoms with Crippen LogP contribution < -0.4 is 5.73 Å². The zero-order chi connectivity index (χ0) is 20.2. The number of ether oxygens (including phenoxy) is 2. The van der Waals surface area contributed by atoms with E-state index in [9.17, 15) is 9.59 Å². The molecule has 2 rings (SSSR count). The van der Waals surface area contributed by atoms with Crippen LogP contribution in [-0.2, 0) is 14.3 Å².